The molecule has 0 bridgehead atoms. The minimum Gasteiger partial charge on any atom is -0.493 e. The lowest BCUT2D eigenvalue weighted by molar-refractivity contribution is -0.122. The predicted molar refractivity (Wildman–Crippen MR) is 148 cm³/mol. The third-order valence-electron chi connectivity index (χ3n) is 5.58. The summed E-state index contributed by atoms with van der Waals surface area (Å²) in [6, 6.07) is 13.0. The molecule has 0 aliphatic carbocycles. The standard InChI is InChI=1S/C27H19BrCl2N2O7/c1-37-22-12-15(10-19(28)23(22)39-13-14-3-8-20(29)21(30)11-14)9-18-24(33)31-27(36)32(25(18)34)17-6-4-16(5-7-17)26(35)38-2/h3-12H,13H2,1-2H3,(H,31,33,36)/b18-9+. The minimum atomic E-state index is -0.919. The lowest BCUT2D eigenvalue weighted by atomic mass is 10.1. The van der Waals surface area contributed by atoms with E-state index in [-0.39, 0.29) is 23.4 Å². The van der Waals surface area contributed by atoms with Gasteiger partial charge in [-0.2, -0.15) is 0 Å². The first-order chi connectivity index (χ1) is 18.6. The Bertz CT molecular complexity index is 1520. The van der Waals surface area contributed by atoms with Gasteiger partial charge in [-0.05, 0) is 81.7 Å². The Morgan fingerprint density at radius 3 is 2.36 bits per heavy atom. The largest absolute Gasteiger partial charge is 0.493 e. The van der Waals surface area contributed by atoms with Crippen molar-refractivity contribution in [1.82, 2.24) is 5.32 Å². The minimum absolute atomic E-state index is 0.161. The van der Waals surface area contributed by atoms with Gasteiger partial charge in [0, 0.05) is 0 Å². The number of halogens is 3. The summed E-state index contributed by atoms with van der Waals surface area (Å²) in [5, 5.41) is 2.98. The molecule has 39 heavy (non-hydrogen) atoms. The van der Waals surface area contributed by atoms with Crippen molar-refractivity contribution in [3.8, 4) is 11.5 Å². The van der Waals surface area contributed by atoms with Crippen LogP contribution in [0.4, 0.5) is 10.5 Å². The number of hydrogen-bond acceptors (Lipinski definition) is 7. The fraction of sp³-hybridized carbons (Fsp3) is 0.111. The molecular formula is C27H19BrCl2N2O7. The third-order valence-corrected chi connectivity index (χ3v) is 6.91. The maximum absolute atomic E-state index is 13.2. The molecule has 0 spiro atoms. The van der Waals surface area contributed by atoms with Crippen LogP contribution in [0.25, 0.3) is 6.08 Å². The van der Waals surface area contributed by atoms with Crippen molar-refractivity contribution >= 4 is 74.7 Å². The molecule has 0 unspecified atom stereocenters. The Kier molecular flexibility index (Phi) is 8.59. The first kappa shape index (κ1) is 28.2. The summed E-state index contributed by atoms with van der Waals surface area (Å²) in [5.74, 6) is -1.57. The zero-order valence-corrected chi connectivity index (χ0v) is 23.5. The van der Waals surface area contributed by atoms with Crippen molar-refractivity contribution in [1.29, 1.82) is 0 Å². The Balaban J connectivity index is 1.61. The summed E-state index contributed by atoms with van der Waals surface area (Å²) in [4.78, 5) is 50.9. The van der Waals surface area contributed by atoms with Crippen LogP contribution in [0.5, 0.6) is 11.5 Å². The van der Waals surface area contributed by atoms with Crippen LogP contribution in [-0.2, 0) is 20.9 Å². The number of benzene rings is 3. The number of nitrogens with zero attached hydrogens (tertiary/aromatic N) is 1. The predicted octanol–water partition coefficient (Wildman–Crippen LogP) is 5.80. The van der Waals surface area contributed by atoms with Crippen LogP contribution in [0.1, 0.15) is 21.5 Å². The number of rotatable bonds is 7. The number of hydrogen-bond donors (Lipinski definition) is 1. The summed E-state index contributed by atoms with van der Waals surface area (Å²) >= 11 is 15.5. The number of barbiturate groups is 1. The van der Waals surface area contributed by atoms with Gasteiger partial charge in [0.1, 0.15) is 12.2 Å². The normalized spacial score (nSPS) is 14.3. The smallest absolute Gasteiger partial charge is 0.337 e. The molecule has 200 valence electrons. The zero-order valence-electron chi connectivity index (χ0n) is 20.4. The average Bonchev–Trinajstić information content (AvgIpc) is 2.91. The molecule has 0 atom stereocenters. The van der Waals surface area contributed by atoms with Gasteiger partial charge in [0.25, 0.3) is 11.8 Å². The second kappa shape index (κ2) is 11.9. The average molecular weight is 634 g/mol. The highest BCUT2D eigenvalue weighted by Crippen LogP contribution is 2.38. The molecule has 1 saturated heterocycles. The van der Waals surface area contributed by atoms with Crippen LogP contribution < -0.4 is 19.7 Å². The van der Waals surface area contributed by atoms with Gasteiger partial charge in [-0.25, -0.2) is 14.5 Å². The van der Waals surface area contributed by atoms with E-state index in [4.69, 9.17) is 32.7 Å². The zero-order chi connectivity index (χ0) is 28.3. The summed E-state index contributed by atoms with van der Waals surface area (Å²) in [7, 11) is 2.68. The van der Waals surface area contributed by atoms with E-state index in [1.54, 1.807) is 30.3 Å². The van der Waals surface area contributed by atoms with E-state index in [9.17, 15) is 19.2 Å². The molecule has 1 N–H and O–H groups in total. The molecule has 1 heterocycles. The molecule has 9 nitrogen and oxygen atoms in total. The van der Waals surface area contributed by atoms with Gasteiger partial charge in [0.2, 0.25) is 0 Å². The van der Waals surface area contributed by atoms with Gasteiger partial charge in [0.05, 0.1) is 40.0 Å². The topological polar surface area (TPSA) is 111 Å². The second-order valence-electron chi connectivity index (χ2n) is 8.07. The van der Waals surface area contributed by atoms with Gasteiger partial charge < -0.3 is 14.2 Å². The number of esters is 1. The number of carbonyl (C=O) groups excluding carboxylic acids is 4. The van der Waals surface area contributed by atoms with Crippen LogP contribution in [-0.4, -0.2) is 38.0 Å². The van der Waals surface area contributed by atoms with Crippen LogP contribution >= 0.6 is 39.1 Å². The van der Waals surface area contributed by atoms with E-state index in [1.165, 1.54) is 44.6 Å². The van der Waals surface area contributed by atoms with Crippen molar-refractivity contribution < 1.29 is 33.4 Å². The van der Waals surface area contributed by atoms with Crippen LogP contribution in [0.2, 0.25) is 10.0 Å². The second-order valence-corrected chi connectivity index (χ2v) is 9.74. The number of ether oxygens (including phenoxy) is 3. The van der Waals surface area contributed by atoms with E-state index in [0.29, 0.717) is 31.6 Å². The molecule has 1 aliphatic rings. The summed E-state index contributed by atoms with van der Waals surface area (Å²) < 4.78 is 16.5. The summed E-state index contributed by atoms with van der Waals surface area (Å²) in [5.41, 5.74) is 1.31. The van der Waals surface area contributed by atoms with Crippen LogP contribution in [0.3, 0.4) is 0 Å². The fourth-order valence-electron chi connectivity index (χ4n) is 3.67. The number of methoxy groups -OCH3 is 2. The molecule has 0 saturated carbocycles. The van der Waals surface area contributed by atoms with Crippen LogP contribution in [0.15, 0.2) is 64.6 Å². The van der Waals surface area contributed by atoms with Gasteiger partial charge in [-0.3, -0.25) is 14.9 Å². The van der Waals surface area contributed by atoms with Crippen molar-refractivity contribution in [3.05, 3.63) is 91.4 Å². The highest BCUT2D eigenvalue weighted by molar-refractivity contribution is 9.10. The molecule has 1 fully saturated rings. The first-order valence-electron chi connectivity index (χ1n) is 11.2. The van der Waals surface area contributed by atoms with Crippen molar-refractivity contribution in [2.45, 2.75) is 6.61 Å². The lowest BCUT2D eigenvalue weighted by Gasteiger charge is -2.26. The highest BCUT2D eigenvalue weighted by Gasteiger charge is 2.37. The molecule has 3 aromatic carbocycles. The Morgan fingerprint density at radius 2 is 1.72 bits per heavy atom. The number of urea groups is 1. The van der Waals surface area contributed by atoms with Crippen molar-refractivity contribution in [2.24, 2.45) is 0 Å². The molecule has 3 aromatic rings. The summed E-state index contributed by atoms with van der Waals surface area (Å²) in [6.07, 6.45) is 1.33. The Morgan fingerprint density at radius 1 is 1.00 bits per heavy atom. The highest BCUT2D eigenvalue weighted by atomic mass is 79.9. The molecule has 1 aliphatic heterocycles. The SMILES string of the molecule is COC(=O)c1ccc(N2C(=O)NC(=O)/C(=C\c3cc(Br)c(OCc4ccc(Cl)c(Cl)c4)c(OC)c3)C2=O)cc1. The maximum atomic E-state index is 13.2. The number of carbonyl (C=O) groups is 4. The van der Waals surface area contributed by atoms with E-state index < -0.39 is 23.8 Å². The van der Waals surface area contributed by atoms with Crippen LogP contribution in [0, 0.1) is 0 Å². The molecule has 0 radical (unpaired) electrons. The first-order valence-corrected chi connectivity index (χ1v) is 12.7. The number of nitrogens with one attached hydrogen (secondary N) is 1. The van der Waals surface area contributed by atoms with E-state index in [1.807, 2.05) is 0 Å². The van der Waals surface area contributed by atoms with E-state index in [2.05, 4.69) is 26.0 Å². The van der Waals surface area contributed by atoms with Crippen molar-refractivity contribution in [3.63, 3.8) is 0 Å². The maximum Gasteiger partial charge on any atom is 0.337 e. The Hall–Kier alpha value is -3.86. The summed E-state index contributed by atoms with van der Waals surface area (Å²) in [6.45, 7) is 0.166. The molecule has 0 aromatic heterocycles. The molecule has 4 rings (SSSR count). The van der Waals surface area contributed by atoms with Gasteiger partial charge in [-0.15, -0.1) is 0 Å². The van der Waals surface area contributed by atoms with E-state index >= 15 is 0 Å². The molecule has 4 amide bonds. The third kappa shape index (κ3) is 6.08. The molecule has 12 heteroatoms. The quantitative estimate of drug-likeness (QED) is 0.199. The van der Waals surface area contributed by atoms with Crippen molar-refractivity contribution in [2.75, 3.05) is 19.1 Å². The number of imide groups is 2. The van der Waals surface area contributed by atoms with Gasteiger partial charge in [-0.1, -0.05) is 29.3 Å². The fourth-order valence-corrected chi connectivity index (χ4v) is 4.57. The number of amides is 4. The Labute approximate surface area is 241 Å². The monoisotopic (exact) mass is 632 g/mol. The number of anilines is 1. The van der Waals surface area contributed by atoms with E-state index in [0.717, 1.165) is 10.5 Å². The molecular weight excluding hydrogens is 615 g/mol. The van der Waals surface area contributed by atoms with Gasteiger partial charge in [0.15, 0.2) is 11.5 Å². The lowest BCUT2D eigenvalue weighted by Crippen LogP contribution is -2.54. The van der Waals surface area contributed by atoms with Gasteiger partial charge >= 0.3 is 12.0 Å².